The Bertz CT molecular complexity index is 1060. The first kappa shape index (κ1) is 19.9. The van der Waals surface area contributed by atoms with E-state index < -0.39 is 15.9 Å². The summed E-state index contributed by atoms with van der Waals surface area (Å²) in [7, 11) is -3.74. The highest BCUT2D eigenvalue weighted by molar-refractivity contribution is 8.00. The van der Waals surface area contributed by atoms with Gasteiger partial charge >= 0.3 is 0 Å². The maximum Gasteiger partial charge on any atom is 0.257 e. The zero-order chi connectivity index (χ0) is 20.4. The van der Waals surface area contributed by atoms with E-state index >= 15 is 0 Å². The van der Waals surface area contributed by atoms with Crippen LogP contribution in [0.5, 0.6) is 0 Å². The number of piperidine rings is 1. The molecule has 2 heterocycles. The van der Waals surface area contributed by atoms with E-state index in [1.165, 1.54) is 28.2 Å². The van der Waals surface area contributed by atoms with Crippen molar-refractivity contribution in [2.75, 3.05) is 29.5 Å². The van der Waals surface area contributed by atoms with Crippen molar-refractivity contribution in [3.8, 4) is 0 Å². The molecule has 152 valence electrons. The average Bonchev–Trinajstić information content (AvgIpc) is 2.74. The number of thioether (sulfide) groups is 1. The molecule has 1 fully saturated rings. The van der Waals surface area contributed by atoms with Gasteiger partial charge in [0.2, 0.25) is 15.9 Å². The molecule has 0 unspecified atom stereocenters. The SMILES string of the molecule is O=C1CSc2ccc(NC(=O)c3ccccc3S(=O)(=O)N3CCCCC3)cc2N1. The number of hydrogen-bond donors (Lipinski definition) is 2. The fourth-order valence-corrected chi connectivity index (χ4v) is 5.98. The molecule has 2 aliphatic heterocycles. The summed E-state index contributed by atoms with van der Waals surface area (Å²) in [6, 6.07) is 11.5. The molecule has 2 amide bonds. The molecule has 0 atom stereocenters. The van der Waals surface area contributed by atoms with Crippen molar-refractivity contribution >= 4 is 45.0 Å². The summed E-state index contributed by atoms with van der Waals surface area (Å²) in [5, 5.41) is 5.53. The van der Waals surface area contributed by atoms with Crippen molar-refractivity contribution in [3.05, 3.63) is 48.0 Å². The number of carbonyl (C=O) groups is 2. The second-order valence-corrected chi connectivity index (χ2v) is 9.89. The molecular formula is C20H21N3O4S2. The molecule has 7 nitrogen and oxygen atoms in total. The molecule has 2 aromatic rings. The van der Waals surface area contributed by atoms with E-state index in [-0.39, 0.29) is 16.4 Å². The van der Waals surface area contributed by atoms with Gasteiger partial charge in [-0.2, -0.15) is 4.31 Å². The minimum Gasteiger partial charge on any atom is -0.324 e. The van der Waals surface area contributed by atoms with Crippen LogP contribution in [0.2, 0.25) is 0 Å². The molecule has 2 aliphatic rings. The standard InChI is InChI=1S/C20H21N3O4S2/c24-19-13-28-17-9-8-14(12-16(17)22-19)21-20(25)15-6-2-3-7-18(15)29(26,27)23-10-4-1-5-11-23/h2-3,6-9,12H,1,4-5,10-11,13H2,(H,21,25)(H,22,24). The first-order valence-electron chi connectivity index (χ1n) is 9.42. The third-order valence-electron chi connectivity index (χ3n) is 4.93. The average molecular weight is 432 g/mol. The van der Waals surface area contributed by atoms with Gasteiger partial charge < -0.3 is 10.6 Å². The van der Waals surface area contributed by atoms with Gasteiger partial charge in [-0.3, -0.25) is 9.59 Å². The molecule has 2 N–H and O–H groups in total. The number of amides is 2. The van der Waals surface area contributed by atoms with Crippen LogP contribution in [0.25, 0.3) is 0 Å². The van der Waals surface area contributed by atoms with Crippen molar-refractivity contribution in [1.82, 2.24) is 4.31 Å². The van der Waals surface area contributed by atoms with Crippen molar-refractivity contribution in [2.24, 2.45) is 0 Å². The molecule has 29 heavy (non-hydrogen) atoms. The number of nitrogens with one attached hydrogen (secondary N) is 2. The Balaban J connectivity index is 1.60. The Kier molecular flexibility index (Phi) is 5.62. The van der Waals surface area contributed by atoms with Crippen LogP contribution in [0.15, 0.2) is 52.3 Å². The fraction of sp³-hybridized carbons (Fsp3) is 0.300. The summed E-state index contributed by atoms with van der Waals surface area (Å²) < 4.78 is 27.6. The highest BCUT2D eigenvalue weighted by Gasteiger charge is 2.29. The fourth-order valence-electron chi connectivity index (χ4n) is 3.48. The molecule has 0 radical (unpaired) electrons. The first-order chi connectivity index (χ1) is 13.9. The van der Waals surface area contributed by atoms with Gasteiger partial charge in [0, 0.05) is 23.7 Å². The van der Waals surface area contributed by atoms with E-state index in [9.17, 15) is 18.0 Å². The second-order valence-electron chi connectivity index (χ2n) is 6.96. The van der Waals surface area contributed by atoms with Crippen molar-refractivity contribution in [3.63, 3.8) is 0 Å². The number of rotatable bonds is 4. The molecule has 4 rings (SSSR count). The minimum absolute atomic E-state index is 0.0150. The topological polar surface area (TPSA) is 95.6 Å². The molecule has 2 aromatic carbocycles. The zero-order valence-corrected chi connectivity index (χ0v) is 17.3. The summed E-state index contributed by atoms with van der Waals surface area (Å²) in [6.07, 6.45) is 2.67. The van der Waals surface area contributed by atoms with E-state index in [2.05, 4.69) is 10.6 Å². The predicted molar refractivity (Wildman–Crippen MR) is 113 cm³/mol. The number of sulfonamides is 1. The molecule has 1 saturated heterocycles. The normalized spacial score (nSPS) is 17.3. The number of hydrogen-bond acceptors (Lipinski definition) is 5. The van der Waals surface area contributed by atoms with Crippen LogP contribution in [0.3, 0.4) is 0 Å². The van der Waals surface area contributed by atoms with Crippen molar-refractivity contribution in [2.45, 2.75) is 29.1 Å². The largest absolute Gasteiger partial charge is 0.324 e. The molecular weight excluding hydrogens is 410 g/mol. The third-order valence-corrected chi connectivity index (χ3v) is 7.97. The van der Waals surface area contributed by atoms with Gasteiger partial charge in [-0.05, 0) is 43.2 Å². The molecule has 0 spiro atoms. The van der Waals surface area contributed by atoms with Gasteiger partial charge in [0.25, 0.3) is 5.91 Å². The summed E-state index contributed by atoms with van der Waals surface area (Å²) in [4.78, 5) is 25.4. The predicted octanol–water partition coefficient (Wildman–Crippen LogP) is 3.16. The molecule has 0 aliphatic carbocycles. The van der Waals surface area contributed by atoms with E-state index in [0.717, 1.165) is 24.2 Å². The van der Waals surface area contributed by atoms with Gasteiger partial charge in [0.05, 0.1) is 21.9 Å². The lowest BCUT2D eigenvalue weighted by molar-refractivity contribution is -0.113. The number of benzene rings is 2. The second kappa shape index (κ2) is 8.17. The van der Waals surface area contributed by atoms with Gasteiger partial charge in [-0.25, -0.2) is 8.42 Å². The Morgan fingerprint density at radius 2 is 1.83 bits per heavy atom. The van der Waals surface area contributed by atoms with Crippen LogP contribution < -0.4 is 10.6 Å². The van der Waals surface area contributed by atoms with Crippen LogP contribution in [0.1, 0.15) is 29.6 Å². The molecule has 0 aromatic heterocycles. The molecule has 0 bridgehead atoms. The zero-order valence-electron chi connectivity index (χ0n) is 15.7. The van der Waals surface area contributed by atoms with Crippen LogP contribution in [-0.2, 0) is 14.8 Å². The molecule has 9 heteroatoms. The van der Waals surface area contributed by atoms with Crippen molar-refractivity contribution < 1.29 is 18.0 Å². The number of anilines is 2. The third kappa shape index (κ3) is 4.17. The Hall–Kier alpha value is -2.36. The summed E-state index contributed by atoms with van der Waals surface area (Å²) in [6.45, 7) is 0.945. The lowest BCUT2D eigenvalue weighted by Gasteiger charge is -2.26. The highest BCUT2D eigenvalue weighted by atomic mass is 32.2. The molecule has 0 saturated carbocycles. The number of carbonyl (C=O) groups excluding carboxylic acids is 2. The lowest BCUT2D eigenvalue weighted by Crippen LogP contribution is -2.36. The quantitative estimate of drug-likeness (QED) is 0.775. The first-order valence-corrected chi connectivity index (χ1v) is 11.8. The summed E-state index contributed by atoms with van der Waals surface area (Å²) in [5.74, 6) is -0.236. The minimum atomic E-state index is -3.74. The Labute approximate surface area is 173 Å². The Morgan fingerprint density at radius 3 is 2.62 bits per heavy atom. The van der Waals surface area contributed by atoms with E-state index in [1.54, 1.807) is 24.3 Å². The van der Waals surface area contributed by atoms with E-state index in [1.807, 2.05) is 6.07 Å². The highest BCUT2D eigenvalue weighted by Crippen LogP contribution is 2.33. The number of nitrogens with zero attached hydrogens (tertiary/aromatic N) is 1. The summed E-state index contributed by atoms with van der Waals surface area (Å²) >= 11 is 1.43. The van der Waals surface area contributed by atoms with Crippen LogP contribution >= 0.6 is 11.8 Å². The van der Waals surface area contributed by atoms with Gasteiger partial charge in [-0.15, -0.1) is 11.8 Å². The number of fused-ring (bicyclic) bond motifs is 1. The van der Waals surface area contributed by atoms with Gasteiger partial charge in [-0.1, -0.05) is 18.6 Å². The monoisotopic (exact) mass is 431 g/mol. The maximum absolute atomic E-state index is 13.1. The smallest absolute Gasteiger partial charge is 0.257 e. The maximum atomic E-state index is 13.1. The Morgan fingerprint density at radius 1 is 1.07 bits per heavy atom. The van der Waals surface area contributed by atoms with Crippen LogP contribution in [0, 0.1) is 0 Å². The van der Waals surface area contributed by atoms with Crippen LogP contribution in [0.4, 0.5) is 11.4 Å². The van der Waals surface area contributed by atoms with Gasteiger partial charge in [0.15, 0.2) is 0 Å². The lowest BCUT2D eigenvalue weighted by atomic mass is 10.2. The van der Waals surface area contributed by atoms with Crippen molar-refractivity contribution in [1.29, 1.82) is 0 Å². The van der Waals surface area contributed by atoms with E-state index in [4.69, 9.17) is 0 Å². The summed E-state index contributed by atoms with van der Waals surface area (Å²) in [5.41, 5.74) is 1.23. The van der Waals surface area contributed by atoms with Crippen LogP contribution in [-0.4, -0.2) is 43.4 Å². The van der Waals surface area contributed by atoms with E-state index in [0.29, 0.717) is 30.2 Å². The van der Waals surface area contributed by atoms with Gasteiger partial charge in [0.1, 0.15) is 0 Å².